The summed E-state index contributed by atoms with van der Waals surface area (Å²) in [5.41, 5.74) is 4.80. The van der Waals surface area contributed by atoms with Crippen molar-refractivity contribution in [3.8, 4) is 11.1 Å². The summed E-state index contributed by atoms with van der Waals surface area (Å²) in [4.78, 5) is 12.3. The lowest BCUT2D eigenvalue weighted by Crippen LogP contribution is -2.27. The van der Waals surface area contributed by atoms with Gasteiger partial charge in [-0.2, -0.15) is 0 Å². The van der Waals surface area contributed by atoms with Gasteiger partial charge in [-0.1, -0.05) is 68.8 Å². The highest BCUT2D eigenvalue weighted by Gasteiger charge is 2.29. The van der Waals surface area contributed by atoms with Crippen LogP contribution in [0, 0.1) is 5.92 Å². The third-order valence-electron chi connectivity index (χ3n) is 9.64. The van der Waals surface area contributed by atoms with Crippen molar-refractivity contribution in [3.05, 3.63) is 59.7 Å². The molecule has 0 bridgehead atoms. The first-order chi connectivity index (χ1) is 31.2. The van der Waals surface area contributed by atoms with Crippen LogP contribution in [0.25, 0.3) is 11.1 Å². The largest absolute Gasteiger partial charge is 0.449 e. The molecule has 3 rings (SSSR count). The second kappa shape index (κ2) is 39.5. The Labute approximate surface area is 376 Å². The Morgan fingerprint density at radius 1 is 0.460 bits per heavy atom. The zero-order valence-corrected chi connectivity index (χ0v) is 38.1. The molecule has 0 heterocycles. The Bertz CT molecular complexity index is 1310. The number of ether oxygens (including phenoxy) is 14. The minimum absolute atomic E-state index is 0.0472. The standard InChI is InChI=1S/C47H77NO15/c1-3-41(2)39-62-38-37-61-36-35-60-34-33-59-32-31-58-30-29-57-28-27-56-26-25-55-24-23-54-22-21-53-20-19-52-18-17-51-16-15-50-14-8-13-48-47(49)63-40-46-44-11-6-4-9-42(44)43-10-5-7-12-45(43)46/h4-7,9-12,41,46H,3,8,13-40H2,1-2H3,(H,48,49). The average Bonchev–Trinajstić information content (AvgIpc) is 3.63. The third kappa shape index (κ3) is 28.0. The first-order valence-corrected chi connectivity index (χ1v) is 22.8. The van der Waals surface area contributed by atoms with Gasteiger partial charge in [0.2, 0.25) is 0 Å². The fraction of sp³-hybridized carbons (Fsp3) is 0.723. The van der Waals surface area contributed by atoms with Gasteiger partial charge in [-0.15, -0.1) is 0 Å². The van der Waals surface area contributed by atoms with E-state index in [9.17, 15) is 4.79 Å². The normalized spacial score (nSPS) is 12.7. The SMILES string of the molecule is CCC(C)COCCOCCOCCOCCOCCOCCOCCOCCOCCOCCOCCOCCOCCCNC(=O)OCC1c2ccccc2-c2ccccc21. The first-order valence-electron chi connectivity index (χ1n) is 22.8. The van der Waals surface area contributed by atoms with Gasteiger partial charge in [-0.05, 0) is 34.6 Å². The lowest BCUT2D eigenvalue weighted by Gasteiger charge is -2.14. The molecule has 16 nitrogen and oxygen atoms in total. The molecule has 1 amide bonds. The van der Waals surface area contributed by atoms with Gasteiger partial charge >= 0.3 is 6.09 Å². The quantitative estimate of drug-likeness (QED) is 0.0868. The Balaban J connectivity index is 0.910. The van der Waals surface area contributed by atoms with Crippen molar-refractivity contribution in [2.75, 3.05) is 185 Å². The molecule has 0 saturated heterocycles. The predicted octanol–water partition coefficient (Wildman–Crippen LogP) is 5.18. The summed E-state index contributed by atoms with van der Waals surface area (Å²) < 4.78 is 77.3. The Hall–Kier alpha value is -2.81. The van der Waals surface area contributed by atoms with Gasteiger partial charge < -0.3 is 71.6 Å². The average molecular weight is 896 g/mol. The summed E-state index contributed by atoms with van der Waals surface area (Å²) in [6, 6.07) is 16.6. The molecule has 1 N–H and O–H groups in total. The van der Waals surface area contributed by atoms with Crippen molar-refractivity contribution in [1.82, 2.24) is 5.32 Å². The summed E-state index contributed by atoms with van der Waals surface area (Å²) in [6.07, 6.45) is 1.39. The molecule has 63 heavy (non-hydrogen) atoms. The van der Waals surface area contributed by atoms with Crippen LogP contribution in [0.4, 0.5) is 4.79 Å². The lowest BCUT2D eigenvalue weighted by atomic mass is 9.98. The summed E-state index contributed by atoms with van der Waals surface area (Å²) in [5.74, 6) is 0.638. The number of carbonyl (C=O) groups excluding carboxylic acids is 1. The van der Waals surface area contributed by atoms with Gasteiger partial charge in [-0.3, -0.25) is 0 Å². The molecule has 1 aliphatic carbocycles. The van der Waals surface area contributed by atoms with E-state index in [1.807, 2.05) is 24.3 Å². The number of nitrogens with one attached hydrogen (secondary N) is 1. The molecule has 16 heteroatoms. The topological polar surface area (TPSA) is 158 Å². The van der Waals surface area contributed by atoms with Crippen molar-refractivity contribution in [3.63, 3.8) is 0 Å². The number of fused-ring (bicyclic) bond motifs is 3. The van der Waals surface area contributed by atoms with Crippen molar-refractivity contribution >= 4 is 6.09 Å². The van der Waals surface area contributed by atoms with Crippen LogP contribution in [0.3, 0.4) is 0 Å². The summed E-state index contributed by atoms with van der Waals surface area (Å²) >= 11 is 0. The molecule has 0 spiro atoms. The smallest absolute Gasteiger partial charge is 0.407 e. The monoisotopic (exact) mass is 896 g/mol. The highest BCUT2D eigenvalue weighted by atomic mass is 16.6. The maximum atomic E-state index is 12.3. The summed E-state index contributed by atoms with van der Waals surface area (Å²) in [6.45, 7) is 18.7. The second-order valence-corrected chi connectivity index (χ2v) is 14.5. The van der Waals surface area contributed by atoms with Crippen molar-refractivity contribution in [2.24, 2.45) is 5.92 Å². The summed E-state index contributed by atoms with van der Waals surface area (Å²) in [7, 11) is 0. The second-order valence-electron chi connectivity index (χ2n) is 14.5. The molecule has 360 valence electrons. The zero-order valence-electron chi connectivity index (χ0n) is 38.1. The van der Waals surface area contributed by atoms with Crippen LogP contribution < -0.4 is 5.32 Å². The van der Waals surface area contributed by atoms with E-state index >= 15 is 0 Å². The van der Waals surface area contributed by atoms with Crippen molar-refractivity contribution in [2.45, 2.75) is 32.6 Å². The number of benzene rings is 2. The van der Waals surface area contributed by atoms with Crippen LogP contribution in [0.2, 0.25) is 0 Å². The van der Waals surface area contributed by atoms with Crippen LogP contribution in [-0.4, -0.2) is 191 Å². The van der Waals surface area contributed by atoms with E-state index in [1.165, 1.54) is 22.3 Å². The molecular weight excluding hydrogens is 819 g/mol. The van der Waals surface area contributed by atoms with Crippen molar-refractivity contribution < 1.29 is 71.1 Å². The maximum Gasteiger partial charge on any atom is 0.407 e. The molecule has 0 saturated carbocycles. The molecule has 2 aromatic rings. The predicted molar refractivity (Wildman–Crippen MR) is 238 cm³/mol. The number of rotatable bonds is 45. The van der Waals surface area contributed by atoms with Crippen molar-refractivity contribution in [1.29, 1.82) is 0 Å². The molecule has 1 atom stereocenters. The minimum Gasteiger partial charge on any atom is -0.449 e. The Morgan fingerprint density at radius 3 is 1.10 bits per heavy atom. The number of alkyl carbamates (subject to hydrolysis) is 1. The highest BCUT2D eigenvalue weighted by Crippen LogP contribution is 2.44. The molecule has 0 aliphatic heterocycles. The molecule has 1 aliphatic rings. The van der Waals surface area contributed by atoms with E-state index < -0.39 is 6.09 Å². The van der Waals surface area contributed by atoms with E-state index in [0.29, 0.717) is 191 Å². The van der Waals surface area contributed by atoms with Gasteiger partial charge in [0.15, 0.2) is 0 Å². The van der Waals surface area contributed by atoms with Crippen LogP contribution in [0.5, 0.6) is 0 Å². The van der Waals surface area contributed by atoms with Gasteiger partial charge in [0.25, 0.3) is 0 Å². The number of amides is 1. The molecule has 0 radical (unpaired) electrons. The van der Waals surface area contributed by atoms with E-state index in [2.05, 4.69) is 43.4 Å². The highest BCUT2D eigenvalue weighted by molar-refractivity contribution is 5.79. The Kier molecular flexibility index (Phi) is 34.2. The maximum absolute atomic E-state index is 12.3. The van der Waals surface area contributed by atoms with Crippen LogP contribution >= 0.6 is 0 Å². The van der Waals surface area contributed by atoms with E-state index in [1.54, 1.807) is 0 Å². The van der Waals surface area contributed by atoms with Gasteiger partial charge in [0.1, 0.15) is 6.61 Å². The minimum atomic E-state index is -0.416. The van der Waals surface area contributed by atoms with E-state index in [4.69, 9.17) is 66.3 Å². The molecule has 0 aromatic heterocycles. The van der Waals surface area contributed by atoms with Crippen LogP contribution in [0.15, 0.2) is 48.5 Å². The lowest BCUT2D eigenvalue weighted by molar-refractivity contribution is -0.0292. The molecule has 0 fully saturated rings. The fourth-order valence-corrected chi connectivity index (χ4v) is 6.06. The molecule has 1 unspecified atom stereocenters. The number of hydrogen-bond acceptors (Lipinski definition) is 15. The molecule has 2 aromatic carbocycles. The first kappa shape index (κ1) is 54.5. The van der Waals surface area contributed by atoms with Gasteiger partial charge in [0, 0.05) is 25.7 Å². The third-order valence-corrected chi connectivity index (χ3v) is 9.64. The van der Waals surface area contributed by atoms with E-state index in [0.717, 1.165) is 13.0 Å². The Morgan fingerprint density at radius 2 is 0.762 bits per heavy atom. The number of hydrogen-bond donors (Lipinski definition) is 1. The van der Waals surface area contributed by atoms with Crippen LogP contribution in [0.1, 0.15) is 43.7 Å². The fourth-order valence-electron chi connectivity index (χ4n) is 6.06. The number of carbonyl (C=O) groups is 1. The molecular formula is C47H77NO15. The van der Waals surface area contributed by atoms with Gasteiger partial charge in [0.05, 0.1) is 159 Å². The summed E-state index contributed by atoms with van der Waals surface area (Å²) in [5, 5.41) is 2.81. The zero-order chi connectivity index (χ0) is 44.5. The van der Waals surface area contributed by atoms with E-state index in [-0.39, 0.29) is 5.92 Å². The van der Waals surface area contributed by atoms with Gasteiger partial charge in [-0.25, -0.2) is 4.79 Å². The van der Waals surface area contributed by atoms with Crippen LogP contribution in [-0.2, 0) is 66.3 Å².